The van der Waals surface area contributed by atoms with E-state index in [1.807, 2.05) is 18.1 Å². The minimum absolute atomic E-state index is 0.119. The molecule has 3 N–H and O–H groups in total. The molecule has 0 aliphatic carbocycles. The Bertz CT molecular complexity index is 1110. The van der Waals surface area contributed by atoms with Crippen molar-refractivity contribution in [2.45, 2.75) is 25.6 Å². The van der Waals surface area contributed by atoms with Gasteiger partial charge in [0.25, 0.3) is 0 Å². The van der Waals surface area contributed by atoms with Gasteiger partial charge in [0, 0.05) is 44.1 Å². The summed E-state index contributed by atoms with van der Waals surface area (Å²) in [5.41, 5.74) is -0.748. The molecule has 34 heavy (non-hydrogen) atoms. The number of nitrogens with one attached hydrogen (secondary N) is 3. The zero-order valence-corrected chi connectivity index (χ0v) is 19.6. The van der Waals surface area contributed by atoms with E-state index in [0.717, 1.165) is 37.9 Å². The van der Waals surface area contributed by atoms with Crippen molar-refractivity contribution in [3.05, 3.63) is 35.4 Å². The predicted octanol–water partition coefficient (Wildman–Crippen LogP) is 4.35. The largest absolute Gasteiger partial charge is 0.416 e. The van der Waals surface area contributed by atoms with E-state index in [1.165, 1.54) is 12.1 Å². The smallest absolute Gasteiger partial charge is 0.353 e. The van der Waals surface area contributed by atoms with Crippen LogP contribution in [-0.2, 0) is 6.18 Å². The molecule has 1 aromatic heterocycles. The van der Waals surface area contributed by atoms with Crippen molar-refractivity contribution in [2.24, 2.45) is 5.41 Å². The maximum absolute atomic E-state index is 13.2. The van der Waals surface area contributed by atoms with Gasteiger partial charge in [-0.25, -0.2) is 4.31 Å². The Kier molecular flexibility index (Phi) is 6.60. The van der Waals surface area contributed by atoms with Gasteiger partial charge in [-0.1, -0.05) is 18.0 Å². The normalized spacial score (nSPS) is 19.9. The SMILES string of the molecule is CSN1CCC(Nc2nc(Nc3cccc(C(F)(F)F)c3)c(C=N)c(N3CC(C)(C#N)C3)n2)C1. The van der Waals surface area contributed by atoms with Crippen LogP contribution in [0.5, 0.6) is 0 Å². The summed E-state index contributed by atoms with van der Waals surface area (Å²) in [4.78, 5) is 11.0. The van der Waals surface area contributed by atoms with Crippen molar-refractivity contribution < 1.29 is 13.2 Å². The molecule has 0 saturated carbocycles. The van der Waals surface area contributed by atoms with E-state index in [9.17, 15) is 18.4 Å². The van der Waals surface area contributed by atoms with Crippen LogP contribution in [0.3, 0.4) is 0 Å². The van der Waals surface area contributed by atoms with Crippen molar-refractivity contribution in [3.8, 4) is 6.07 Å². The Morgan fingerprint density at radius 2 is 2.09 bits per heavy atom. The number of hydrogen-bond acceptors (Lipinski definition) is 9. The van der Waals surface area contributed by atoms with Crippen molar-refractivity contribution in [1.82, 2.24) is 14.3 Å². The van der Waals surface area contributed by atoms with E-state index in [2.05, 4.69) is 31.0 Å². The van der Waals surface area contributed by atoms with E-state index >= 15 is 0 Å². The molecule has 12 heteroatoms. The summed E-state index contributed by atoms with van der Waals surface area (Å²) in [6.07, 6.45) is -0.472. The van der Waals surface area contributed by atoms with Gasteiger partial charge < -0.3 is 20.9 Å². The molecule has 2 aromatic rings. The summed E-state index contributed by atoms with van der Waals surface area (Å²) in [6.45, 7) is 4.46. The zero-order chi connectivity index (χ0) is 24.5. The van der Waals surface area contributed by atoms with Crippen LogP contribution < -0.4 is 15.5 Å². The average Bonchev–Trinajstić information content (AvgIpc) is 3.24. The Hall–Kier alpha value is -3.04. The van der Waals surface area contributed by atoms with E-state index < -0.39 is 17.2 Å². The molecular weight excluding hydrogens is 465 g/mol. The van der Waals surface area contributed by atoms with Crippen LogP contribution in [0.1, 0.15) is 24.5 Å². The number of aromatic nitrogens is 2. The molecule has 8 nitrogen and oxygen atoms in total. The molecule has 0 radical (unpaired) electrons. The number of nitrogens with zero attached hydrogens (tertiary/aromatic N) is 5. The molecule has 1 atom stereocenters. The topological polar surface area (TPSA) is 104 Å². The molecule has 0 amide bonds. The molecule has 1 unspecified atom stereocenters. The van der Waals surface area contributed by atoms with E-state index in [4.69, 9.17) is 5.41 Å². The standard InChI is InChI=1S/C22H25F3N8S/c1-21(11-27)12-32(13-21)19-17(9-26)18(28-15-5-3-4-14(8-15)22(23,24)25)30-20(31-19)29-16-6-7-33(10-16)34-2/h3-5,8-9,16,26H,6-7,10,12-13H2,1-2H3,(H2,28,29,30,31). The van der Waals surface area contributed by atoms with Gasteiger partial charge in [0.2, 0.25) is 5.95 Å². The zero-order valence-electron chi connectivity index (χ0n) is 18.8. The van der Waals surface area contributed by atoms with Crippen LogP contribution in [0, 0.1) is 22.2 Å². The first-order valence-corrected chi connectivity index (χ1v) is 11.9. The molecule has 0 bridgehead atoms. The van der Waals surface area contributed by atoms with Gasteiger partial charge in [-0.3, -0.25) is 0 Å². The highest BCUT2D eigenvalue weighted by Crippen LogP contribution is 2.37. The van der Waals surface area contributed by atoms with E-state index in [1.54, 1.807) is 11.9 Å². The van der Waals surface area contributed by atoms with E-state index in [-0.39, 0.29) is 17.5 Å². The Morgan fingerprint density at radius 1 is 1.32 bits per heavy atom. The molecule has 0 spiro atoms. The van der Waals surface area contributed by atoms with Crippen molar-refractivity contribution in [3.63, 3.8) is 0 Å². The fourth-order valence-corrected chi connectivity index (χ4v) is 4.73. The maximum atomic E-state index is 13.2. The summed E-state index contributed by atoms with van der Waals surface area (Å²) in [7, 11) is 0. The number of nitriles is 1. The third-order valence-electron chi connectivity index (χ3n) is 5.91. The molecule has 2 saturated heterocycles. The summed E-state index contributed by atoms with van der Waals surface area (Å²) < 4.78 is 41.8. The summed E-state index contributed by atoms with van der Waals surface area (Å²) in [6, 6.07) is 7.25. The Balaban J connectivity index is 1.68. The van der Waals surface area contributed by atoms with Gasteiger partial charge in [-0.15, -0.1) is 0 Å². The quantitative estimate of drug-likeness (QED) is 0.389. The maximum Gasteiger partial charge on any atom is 0.416 e. The average molecular weight is 491 g/mol. The molecule has 180 valence electrons. The second kappa shape index (κ2) is 9.31. The van der Waals surface area contributed by atoms with Crippen molar-refractivity contribution in [2.75, 3.05) is 48.0 Å². The molecule has 1 aromatic carbocycles. The highest BCUT2D eigenvalue weighted by Gasteiger charge is 2.41. The highest BCUT2D eigenvalue weighted by atomic mass is 32.2. The lowest BCUT2D eigenvalue weighted by molar-refractivity contribution is -0.137. The summed E-state index contributed by atoms with van der Waals surface area (Å²) in [5.74, 6) is 1.02. The lowest BCUT2D eigenvalue weighted by Crippen LogP contribution is -2.54. The number of anilines is 4. The molecule has 2 aliphatic rings. The minimum Gasteiger partial charge on any atom is -0.353 e. The first-order chi connectivity index (χ1) is 16.1. The number of benzene rings is 1. The number of halogens is 3. The first-order valence-electron chi connectivity index (χ1n) is 10.7. The summed E-state index contributed by atoms with van der Waals surface area (Å²) in [5, 5.41) is 23.6. The van der Waals surface area contributed by atoms with Gasteiger partial charge >= 0.3 is 6.18 Å². The second-order valence-corrected chi connectivity index (χ2v) is 9.59. The van der Waals surface area contributed by atoms with Gasteiger partial charge in [0.1, 0.15) is 11.6 Å². The van der Waals surface area contributed by atoms with Crippen LogP contribution in [0.15, 0.2) is 24.3 Å². The highest BCUT2D eigenvalue weighted by molar-refractivity contribution is 7.96. The van der Waals surface area contributed by atoms with Crippen LogP contribution in [-0.4, -0.2) is 59.0 Å². The fourth-order valence-electron chi connectivity index (χ4n) is 4.11. The van der Waals surface area contributed by atoms with Crippen LogP contribution in [0.4, 0.5) is 36.4 Å². The van der Waals surface area contributed by atoms with Crippen LogP contribution in [0.2, 0.25) is 0 Å². The van der Waals surface area contributed by atoms with Gasteiger partial charge in [-0.2, -0.15) is 28.4 Å². The minimum atomic E-state index is -4.48. The summed E-state index contributed by atoms with van der Waals surface area (Å²) >= 11 is 1.66. The third-order valence-corrected chi connectivity index (χ3v) is 6.76. The van der Waals surface area contributed by atoms with Gasteiger partial charge in [0.05, 0.1) is 22.6 Å². The van der Waals surface area contributed by atoms with Crippen LogP contribution in [0.25, 0.3) is 0 Å². The molecule has 4 rings (SSSR count). The Morgan fingerprint density at radius 3 is 2.71 bits per heavy atom. The number of alkyl halides is 3. The molecule has 3 heterocycles. The first kappa shape index (κ1) is 24.1. The fraction of sp³-hybridized carbons (Fsp3) is 0.455. The van der Waals surface area contributed by atoms with Crippen LogP contribution >= 0.6 is 11.9 Å². The number of hydrogen-bond donors (Lipinski definition) is 3. The van der Waals surface area contributed by atoms with Gasteiger partial charge in [0.15, 0.2) is 0 Å². The monoisotopic (exact) mass is 490 g/mol. The van der Waals surface area contributed by atoms with Crippen molar-refractivity contribution >= 4 is 41.4 Å². The lowest BCUT2D eigenvalue weighted by Gasteiger charge is -2.44. The Labute approximate surface area is 200 Å². The number of rotatable bonds is 7. The third kappa shape index (κ3) is 5.05. The predicted molar refractivity (Wildman–Crippen MR) is 128 cm³/mol. The second-order valence-electron chi connectivity index (χ2n) is 8.71. The van der Waals surface area contributed by atoms with Gasteiger partial charge in [-0.05, 0) is 37.8 Å². The lowest BCUT2D eigenvalue weighted by atomic mass is 9.83. The molecule has 2 fully saturated rings. The van der Waals surface area contributed by atoms with Crippen molar-refractivity contribution in [1.29, 1.82) is 10.7 Å². The molecule has 2 aliphatic heterocycles. The molecular formula is C22H25F3N8S. The van der Waals surface area contributed by atoms with E-state index in [0.29, 0.717) is 30.4 Å².